The molecule has 6 nitrogen and oxygen atoms in total. The third-order valence-electron chi connectivity index (χ3n) is 4.14. The van der Waals surface area contributed by atoms with Gasteiger partial charge in [-0.2, -0.15) is 0 Å². The van der Waals surface area contributed by atoms with Crippen LogP contribution in [-0.2, 0) is 4.79 Å². The Morgan fingerprint density at radius 2 is 2.00 bits per heavy atom. The standard InChI is InChI=1S/C17H18N2O4/c1-11-6-14(17(21)22)9-19(8-11)16(20)13-4-2-12(3-5-13)15-7-18-10-23-15/h2-5,7,10-11,14H,6,8-9H2,1H3,(H,21,22). The van der Waals surface area contributed by atoms with E-state index in [1.165, 1.54) is 6.39 Å². The van der Waals surface area contributed by atoms with E-state index in [4.69, 9.17) is 4.42 Å². The summed E-state index contributed by atoms with van der Waals surface area (Å²) in [6.45, 7) is 2.83. The fourth-order valence-electron chi connectivity index (χ4n) is 3.01. The molecule has 0 bridgehead atoms. The van der Waals surface area contributed by atoms with Crippen LogP contribution in [0.5, 0.6) is 0 Å². The van der Waals surface area contributed by atoms with Gasteiger partial charge in [0.25, 0.3) is 5.91 Å². The summed E-state index contributed by atoms with van der Waals surface area (Å²) in [6.07, 6.45) is 3.58. The summed E-state index contributed by atoms with van der Waals surface area (Å²) in [5.41, 5.74) is 1.39. The molecule has 2 unspecified atom stereocenters. The predicted molar refractivity (Wildman–Crippen MR) is 82.7 cm³/mol. The molecule has 1 aliphatic heterocycles. The van der Waals surface area contributed by atoms with E-state index in [9.17, 15) is 14.7 Å². The molecule has 1 saturated heterocycles. The number of hydrogen-bond donors (Lipinski definition) is 1. The maximum Gasteiger partial charge on any atom is 0.308 e. The Bertz CT molecular complexity index is 694. The third-order valence-corrected chi connectivity index (χ3v) is 4.14. The number of carbonyl (C=O) groups excluding carboxylic acids is 1. The van der Waals surface area contributed by atoms with Crippen molar-refractivity contribution in [2.45, 2.75) is 13.3 Å². The quantitative estimate of drug-likeness (QED) is 0.941. The van der Waals surface area contributed by atoms with Crippen molar-refractivity contribution in [3.8, 4) is 11.3 Å². The number of oxazole rings is 1. The second-order valence-electron chi connectivity index (χ2n) is 6.03. The molecule has 1 fully saturated rings. The lowest BCUT2D eigenvalue weighted by Crippen LogP contribution is -2.45. The summed E-state index contributed by atoms with van der Waals surface area (Å²) in [6, 6.07) is 7.07. The van der Waals surface area contributed by atoms with Crippen LogP contribution in [0, 0.1) is 11.8 Å². The van der Waals surface area contributed by atoms with Crippen molar-refractivity contribution in [1.82, 2.24) is 9.88 Å². The van der Waals surface area contributed by atoms with Crippen LogP contribution in [0.2, 0.25) is 0 Å². The van der Waals surface area contributed by atoms with Gasteiger partial charge >= 0.3 is 5.97 Å². The van der Waals surface area contributed by atoms with Crippen molar-refractivity contribution in [2.75, 3.05) is 13.1 Å². The summed E-state index contributed by atoms with van der Waals surface area (Å²) >= 11 is 0. The predicted octanol–water partition coefficient (Wildman–Crippen LogP) is 2.52. The topological polar surface area (TPSA) is 83.6 Å². The van der Waals surface area contributed by atoms with Crippen LogP contribution in [-0.4, -0.2) is 40.0 Å². The van der Waals surface area contributed by atoms with Gasteiger partial charge in [-0.1, -0.05) is 19.1 Å². The van der Waals surface area contributed by atoms with Crippen LogP contribution in [0.3, 0.4) is 0 Å². The molecule has 0 saturated carbocycles. The van der Waals surface area contributed by atoms with Gasteiger partial charge in [-0.15, -0.1) is 0 Å². The van der Waals surface area contributed by atoms with Crippen molar-refractivity contribution < 1.29 is 19.1 Å². The zero-order valence-electron chi connectivity index (χ0n) is 12.8. The molecular formula is C17H18N2O4. The molecule has 0 radical (unpaired) electrons. The molecule has 0 spiro atoms. The van der Waals surface area contributed by atoms with Gasteiger partial charge in [-0.05, 0) is 24.5 Å². The lowest BCUT2D eigenvalue weighted by molar-refractivity contribution is -0.143. The molecule has 1 aliphatic rings. The largest absolute Gasteiger partial charge is 0.481 e. The average Bonchev–Trinajstić information content (AvgIpc) is 3.08. The first kappa shape index (κ1) is 15.3. The van der Waals surface area contributed by atoms with Crippen LogP contribution in [0.4, 0.5) is 0 Å². The number of benzene rings is 1. The fourth-order valence-corrected chi connectivity index (χ4v) is 3.01. The summed E-state index contributed by atoms with van der Waals surface area (Å²) in [5, 5.41) is 9.21. The van der Waals surface area contributed by atoms with Crippen LogP contribution in [0.15, 0.2) is 41.3 Å². The average molecular weight is 314 g/mol. The van der Waals surface area contributed by atoms with E-state index in [0.29, 0.717) is 24.3 Å². The fraction of sp³-hybridized carbons (Fsp3) is 0.353. The van der Waals surface area contributed by atoms with E-state index >= 15 is 0 Å². The number of likely N-dealkylation sites (tertiary alicyclic amines) is 1. The second kappa shape index (κ2) is 6.24. The number of carboxylic acid groups (broad SMARTS) is 1. The van der Waals surface area contributed by atoms with E-state index in [-0.39, 0.29) is 18.4 Å². The number of aliphatic carboxylic acids is 1. The number of nitrogens with zero attached hydrogens (tertiary/aromatic N) is 2. The van der Waals surface area contributed by atoms with Gasteiger partial charge in [0, 0.05) is 24.2 Å². The Labute approximate surface area is 133 Å². The van der Waals surface area contributed by atoms with Gasteiger partial charge in [0.2, 0.25) is 0 Å². The zero-order valence-corrected chi connectivity index (χ0v) is 12.8. The Kier molecular flexibility index (Phi) is 4.14. The number of carboxylic acids is 1. The first-order valence-electron chi connectivity index (χ1n) is 7.55. The van der Waals surface area contributed by atoms with Crippen molar-refractivity contribution >= 4 is 11.9 Å². The molecule has 23 heavy (non-hydrogen) atoms. The van der Waals surface area contributed by atoms with Crippen LogP contribution < -0.4 is 0 Å². The molecule has 2 aromatic rings. The molecule has 120 valence electrons. The monoisotopic (exact) mass is 314 g/mol. The summed E-state index contributed by atoms with van der Waals surface area (Å²) < 4.78 is 5.22. The number of aromatic nitrogens is 1. The number of rotatable bonds is 3. The van der Waals surface area contributed by atoms with Crippen LogP contribution >= 0.6 is 0 Å². The molecule has 1 aromatic carbocycles. The van der Waals surface area contributed by atoms with E-state index in [2.05, 4.69) is 4.98 Å². The molecule has 6 heteroatoms. The summed E-state index contributed by atoms with van der Waals surface area (Å²) in [4.78, 5) is 29.3. The van der Waals surface area contributed by atoms with Crippen LogP contribution in [0.1, 0.15) is 23.7 Å². The van der Waals surface area contributed by atoms with Crippen molar-refractivity contribution in [3.63, 3.8) is 0 Å². The van der Waals surface area contributed by atoms with E-state index < -0.39 is 11.9 Å². The minimum absolute atomic E-state index is 0.132. The highest BCUT2D eigenvalue weighted by Gasteiger charge is 2.32. The lowest BCUT2D eigenvalue weighted by atomic mass is 9.90. The number of piperidine rings is 1. The first-order chi connectivity index (χ1) is 11.0. The summed E-state index contributed by atoms with van der Waals surface area (Å²) in [7, 11) is 0. The first-order valence-corrected chi connectivity index (χ1v) is 7.55. The van der Waals surface area contributed by atoms with Crippen molar-refractivity contribution in [2.24, 2.45) is 11.8 Å². The smallest absolute Gasteiger partial charge is 0.308 e. The highest BCUT2D eigenvalue weighted by Crippen LogP contribution is 2.24. The molecule has 2 atom stereocenters. The number of amides is 1. The highest BCUT2D eigenvalue weighted by atomic mass is 16.4. The highest BCUT2D eigenvalue weighted by molar-refractivity contribution is 5.95. The van der Waals surface area contributed by atoms with Crippen molar-refractivity contribution in [1.29, 1.82) is 0 Å². The molecule has 1 amide bonds. The zero-order chi connectivity index (χ0) is 16.4. The van der Waals surface area contributed by atoms with Gasteiger partial charge in [-0.25, -0.2) is 4.98 Å². The molecule has 1 N–H and O–H groups in total. The Morgan fingerprint density at radius 3 is 2.61 bits per heavy atom. The minimum atomic E-state index is -0.838. The van der Waals surface area contributed by atoms with E-state index in [1.54, 1.807) is 35.4 Å². The maximum absolute atomic E-state index is 12.6. The molecule has 0 aliphatic carbocycles. The molecule has 1 aromatic heterocycles. The van der Waals surface area contributed by atoms with E-state index in [1.807, 2.05) is 6.92 Å². The minimum Gasteiger partial charge on any atom is -0.481 e. The Hall–Kier alpha value is -2.63. The number of carbonyl (C=O) groups is 2. The summed E-state index contributed by atoms with van der Waals surface area (Å²) in [5.74, 6) is -0.637. The second-order valence-corrected chi connectivity index (χ2v) is 6.03. The normalized spacial score (nSPS) is 21.2. The van der Waals surface area contributed by atoms with Gasteiger partial charge in [0.1, 0.15) is 0 Å². The lowest BCUT2D eigenvalue weighted by Gasteiger charge is -2.34. The number of hydrogen-bond acceptors (Lipinski definition) is 4. The SMILES string of the molecule is CC1CC(C(=O)O)CN(C(=O)c2ccc(-c3cnco3)cc2)C1. The van der Waals surface area contributed by atoms with Gasteiger partial charge in [0.05, 0.1) is 12.1 Å². The molecule has 3 rings (SSSR count). The van der Waals surface area contributed by atoms with Gasteiger partial charge < -0.3 is 14.4 Å². The van der Waals surface area contributed by atoms with Crippen molar-refractivity contribution in [3.05, 3.63) is 42.4 Å². The van der Waals surface area contributed by atoms with Crippen LogP contribution in [0.25, 0.3) is 11.3 Å². The Morgan fingerprint density at radius 1 is 1.26 bits per heavy atom. The molecular weight excluding hydrogens is 296 g/mol. The van der Waals surface area contributed by atoms with E-state index in [0.717, 1.165) is 5.56 Å². The maximum atomic E-state index is 12.6. The van der Waals surface area contributed by atoms with Gasteiger partial charge in [0.15, 0.2) is 12.2 Å². The Balaban J connectivity index is 1.76. The third kappa shape index (κ3) is 3.26. The molecule has 2 heterocycles. The van der Waals surface area contributed by atoms with Gasteiger partial charge in [-0.3, -0.25) is 9.59 Å².